The van der Waals surface area contributed by atoms with Gasteiger partial charge < -0.3 is 9.80 Å². The van der Waals surface area contributed by atoms with Crippen LogP contribution in [-0.4, -0.2) is 69.1 Å². The molecule has 2 saturated heterocycles. The van der Waals surface area contributed by atoms with E-state index in [1.54, 1.807) is 12.1 Å². The van der Waals surface area contributed by atoms with Crippen molar-refractivity contribution in [3.8, 4) is 0 Å². The van der Waals surface area contributed by atoms with E-state index in [4.69, 9.17) is 0 Å². The van der Waals surface area contributed by atoms with E-state index < -0.39 is 10.0 Å². The molecule has 25 heavy (non-hydrogen) atoms. The summed E-state index contributed by atoms with van der Waals surface area (Å²) < 4.78 is 26.1. The van der Waals surface area contributed by atoms with E-state index in [9.17, 15) is 13.2 Å². The summed E-state index contributed by atoms with van der Waals surface area (Å²) in [6.07, 6.45) is 1.60. The first kappa shape index (κ1) is 18.2. The number of amides is 1. The van der Waals surface area contributed by atoms with Gasteiger partial charge in [0, 0.05) is 38.3 Å². The van der Waals surface area contributed by atoms with E-state index in [2.05, 4.69) is 11.8 Å². The standard InChI is InChI=1S/C18H27N3O3S/c1-3-19-9-11-20(12-10-19)18(22)16-6-7-17(15(2)14-16)21-8-4-5-13-25(21,23)24/h6-7,14H,3-5,8-13H2,1-2H3. The lowest BCUT2D eigenvalue weighted by molar-refractivity contribution is 0.0643. The van der Waals surface area contributed by atoms with Gasteiger partial charge in [-0.05, 0) is 50.1 Å². The Bertz CT molecular complexity index is 740. The Hall–Kier alpha value is -1.60. The van der Waals surface area contributed by atoms with Crippen molar-refractivity contribution in [3.63, 3.8) is 0 Å². The second-order valence-corrected chi connectivity index (χ2v) is 8.84. The van der Waals surface area contributed by atoms with Crippen molar-refractivity contribution >= 4 is 21.6 Å². The lowest BCUT2D eigenvalue weighted by Crippen LogP contribution is -2.48. The Morgan fingerprint density at radius 2 is 1.80 bits per heavy atom. The summed E-state index contributed by atoms with van der Waals surface area (Å²) in [5.41, 5.74) is 2.18. The van der Waals surface area contributed by atoms with Crippen molar-refractivity contribution in [2.24, 2.45) is 0 Å². The Morgan fingerprint density at radius 1 is 1.08 bits per heavy atom. The molecule has 2 heterocycles. The van der Waals surface area contributed by atoms with Gasteiger partial charge in [-0.3, -0.25) is 9.10 Å². The molecule has 0 saturated carbocycles. The van der Waals surface area contributed by atoms with Crippen LogP contribution in [0.15, 0.2) is 18.2 Å². The van der Waals surface area contributed by atoms with Crippen LogP contribution < -0.4 is 4.31 Å². The first-order chi connectivity index (χ1) is 11.9. The van der Waals surface area contributed by atoms with Crippen molar-refractivity contribution in [2.75, 3.05) is 49.3 Å². The van der Waals surface area contributed by atoms with Crippen molar-refractivity contribution in [3.05, 3.63) is 29.3 Å². The molecule has 0 unspecified atom stereocenters. The summed E-state index contributed by atoms with van der Waals surface area (Å²) in [5, 5.41) is 0. The van der Waals surface area contributed by atoms with Crippen LogP contribution in [0.1, 0.15) is 35.7 Å². The maximum Gasteiger partial charge on any atom is 0.253 e. The van der Waals surface area contributed by atoms with Crippen LogP contribution in [-0.2, 0) is 10.0 Å². The number of likely N-dealkylation sites (N-methyl/N-ethyl adjacent to an activating group) is 1. The van der Waals surface area contributed by atoms with Crippen molar-refractivity contribution < 1.29 is 13.2 Å². The summed E-state index contributed by atoms with van der Waals surface area (Å²) in [6, 6.07) is 5.38. The van der Waals surface area contributed by atoms with E-state index in [1.165, 1.54) is 4.31 Å². The van der Waals surface area contributed by atoms with Crippen LogP contribution in [0, 0.1) is 6.92 Å². The Labute approximate surface area is 150 Å². The van der Waals surface area contributed by atoms with Crippen LogP contribution in [0.3, 0.4) is 0 Å². The number of hydrogen-bond donors (Lipinski definition) is 0. The summed E-state index contributed by atoms with van der Waals surface area (Å²) in [4.78, 5) is 17.0. The molecule has 7 heteroatoms. The number of sulfonamides is 1. The minimum atomic E-state index is -3.23. The molecule has 0 N–H and O–H groups in total. The van der Waals surface area contributed by atoms with Crippen molar-refractivity contribution in [2.45, 2.75) is 26.7 Å². The van der Waals surface area contributed by atoms with Gasteiger partial charge in [-0.25, -0.2) is 8.42 Å². The average Bonchev–Trinajstić information content (AvgIpc) is 2.61. The number of carbonyl (C=O) groups is 1. The van der Waals surface area contributed by atoms with E-state index in [1.807, 2.05) is 17.9 Å². The number of hydrogen-bond acceptors (Lipinski definition) is 4. The average molecular weight is 365 g/mol. The maximum absolute atomic E-state index is 12.7. The van der Waals surface area contributed by atoms with Gasteiger partial charge in [0.25, 0.3) is 5.91 Å². The van der Waals surface area contributed by atoms with Gasteiger partial charge in [-0.1, -0.05) is 6.92 Å². The van der Waals surface area contributed by atoms with Gasteiger partial charge >= 0.3 is 0 Å². The maximum atomic E-state index is 12.7. The first-order valence-electron chi connectivity index (χ1n) is 9.05. The van der Waals surface area contributed by atoms with Crippen LogP contribution in [0.25, 0.3) is 0 Å². The normalized spacial score (nSPS) is 21.4. The molecule has 3 rings (SSSR count). The monoisotopic (exact) mass is 365 g/mol. The topological polar surface area (TPSA) is 60.9 Å². The van der Waals surface area contributed by atoms with Gasteiger partial charge in [0.1, 0.15) is 0 Å². The van der Waals surface area contributed by atoms with Crippen LogP contribution in [0.4, 0.5) is 5.69 Å². The quantitative estimate of drug-likeness (QED) is 0.818. The van der Waals surface area contributed by atoms with Gasteiger partial charge in [-0.2, -0.15) is 0 Å². The summed E-state index contributed by atoms with van der Waals surface area (Å²) >= 11 is 0. The third-order valence-corrected chi connectivity index (χ3v) is 7.02. The second-order valence-electron chi connectivity index (χ2n) is 6.82. The molecule has 1 aromatic rings. The van der Waals surface area contributed by atoms with E-state index >= 15 is 0 Å². The number of benzene rings is 1. The fraction of sp³-hybridized carbons (Fsp3) is 0.611. The highest BCUT2D eigenvalue weighted by Gasteiger charge is 2.28. The van der Waals surface area contributed by atoms with Crippen LogP contribution >= 0.6 is 0 Å². The van der Waals surface area contributed by atoms with Crippen molar-refractivity contribution in [1.29, 1.82) is 0 Å². The smallest absolute Gasteiger partial charge is 0.253 e. The lowest BCUT2D eigenvalue weighted by Gasteiger charge is -2.34. The Balaban J connectivity index is 1.77. The molecule has 0 bridgehead atoms. The molecule has 0 atom stereocenters. The van der Waals surface area contributed by atoms with Crippen LogP contribution in [0.5, 0.6) is 0 Å². The van der Waals surface area contributed by atoms with E-state index in [0.29, 0.717) is 17.8 Å². The molecular weight excluding hydrogens is 338 g/mol. The first-order valence-corrected chi connectivity index (χ1v) is 10.7. The number of nitrogens with zero attached hydrogens (tertiary/aromatic N) is 3. The number of aryl methyl sites for hydroxylation is 1. The molecule has 1 amide bonds. The molecule has 1 aromatic carbocycles. The molecule has 2 aliphatic rings. The highest BCUT2D eigenvalue weighted by atomic mass is 32.2. The zero-order valence-corrected chi connectivity index (χ0v) is 15.9. The Kier molecular flexibility index (Phi) is 5.34. The van der Waals surface area contributed by atoms with Gasteiger partial charge in [0.15, 0.2) is 0 Å². The van der Waals surface area contributed by atoms with Crippen molar-refractivity contribution in [1.82, 2.24) is 9.80 Å². The highest BCUT2D eigenvalue weighted by Crippen LogP contribution is 2.28. The van der Waals surface area contributed by atoms with Gasteiger partial charge in [0.05, 0.1) is 11.4 Å². The predicted octanol–water partition coefficient (Wildman–Crippen LogP) is 1.70. The zero-order chi connectivity index (χ0) is 18.0. The third-order valence-electron chi connectivity index (χ3n) is 5.17. The predicted molar refractivity (Wildman–Crippen MR) is 99.6 cm³/mol. The van der Waals surface area contributed by atoms with E-state index in [0.717, 1.165) is 51.1 Å². The fourth-order valence-electron chi connectivity index (χ4n) is 3.58. The molecule has 2 aliphatic heterocycles. The minimum absolute atomic E-state index is 0.0342. The van der Waals surface area contributed by atoms with E-state index in [-0.39, 0.29) is 11.7 Å². The molecule has 6 nitrogen and oxygen atoms in total. The molecular formula is C18H27N3O3S. The minimum Gasteiger partial charge on any atom is -0.336 e. The molecule has 0 aliphatic carbocycles. The SMILES string of the molecule is CCN1CCN(C(=O)c2ccc(N3CCCCS3(=O)=O)c(C)c2)CC1. The summed E-state index contributed by atoms with van der Waals surface area (Å²) in [7, 11) is -3.23. The van der Waals surface area contributed by atoms with Gasteiger partial charge in [0.2, 0.25) is 10.0 Å². The third kappa shape index (κ3) is 3.82. The molecule has 138 valence electrons. The number of rotatable bonds is 3. The Morgan fingerprint density at radius 3 is 2.40 bits per heavy atom. The molecule has 0 aromatic heterocycles. The second kappa shape index (κ2) is 7.33. The molecule has 0 radical (unpaired) electrons. The van der Waals surface area contributed by atoms with Crippen LogP contribution in [0.2, 0.25) is 0 Å². The number of piperazine rings is 1. The largest absolute Gasteiger partial charge is 0.336 e. The molecule has 0 spiro atoms. The fourth-order valence-corrected chi connectivity index (χ4v) is 5.28. The zero-order valence-electron chi connectivity index (χ0n) is 15.1. The number of carbonyl (C=O) groups excluding carboxylic acids is 1. The highest BCUT2D eigenvalue weighted by molar-refractivity contribution is 7.92. The number of anilines is 1. The summed E-state index contributed by atoms with van der Waals surface area (Å²) in [5.74, 6) is 0.237. The lowest BCUT2D eigenvalue weighted by atomic mass is 10.1. The van der Waals surface area contributed by atoms with Gasteiger partial charge in [-0.15, -0.1) is 0 Å². The molecule has 2 fully saturated rings. The summed E-state index contributed by atoms with van der Waals surface area (Å²) in [6.45, 7) is 8.85.